The summed E-state index contributed by atoms with van der Waals surface area (Å²) < 4.78 is 11.4. The number of halogens is 1. The summed E-state index contributed by atoms with van der Waals surface area (Å²) in [4.78, 5) is 0. The predicted molar refractivity (Wildman–Crippen MR) is 67.1 cm³/mol. The molecule has 0 aliphatic carbocycles. The van der Waals surface area contributed by atoms with E-state index in [0.29, 0.717) is 29.7 Å². The van der Waals surface area contributed by atoms with E-state index in [1.807, 2.05) is 0 Å². The summed E-state index contributed by atoms with van der Waals surface area (Å²) in [5.41, 5.74) is 1.81. The first-order chi connectivity index (χ1) is 8.15. The van der Waals surface area contributed by atoms with Gasteiger partial charge in [-0.05, 0) is 17.5 Å². The average Bonchev–Trinajstić information content (AvgIpc) is 2.53. The molecule has 17 heavy (non-hydrogen) atoms. The van der Waals surface area contributed by atoms with Crippen LogP contribution < -0.4 is 9.47 Å². The summed E-state index contributed by atoms with van der Waals surface area (Å²) in [6, 6.07) is 1.77. The van der Waals surface area contributed by atoms with Crippen molar-refractivity contribution in [2.45, 2.75) is 32.8 Å². The fourth-order valence-electron chi connectivity index (χ4n) is 2.12. The molecule has 0 atom stereocenters. The van der Waals surface area contributed by atoms with Crippen molar-refractivity contribution < 1.29 is 14.6 Å². The zero-order chi connectivity index (χ0) is 12.4. The highest BCUT2D eigenvalue weighted by molar-refractivity contribution is 6.32. The largest absolute Gasteiger partial charge is 0.489 e. The number of benzene rings is 1. The molecular formula is C13H17ClO3. The third-order valence-electron chi connectivity index (χ3n) is 2.84. The van der Waals surface area contributed by atoms with E-state index in [-0.39, 0.29) is 12.5 Å². The number of fused-ring (bicyclic) bond motifs is 1. The quantitative estimate of drug-likeness (QED) is 0.884. The smallest absolute Gasteiger partial charge is 0.180 e. The molecule has 1 N–H and O–H groups in total. The molecule has 1 aliphatic heterocycles. The Morgan fingerprint density at radius 2 is 1.94 bits per heavy atom. The topological polar surface area (TPSA) is 38.7 Å². The molecule has 0 radical (unpaired) electrons. The lowest BCUT2D eigenvalue weighted by atomic mass is 9.96. The van der Waals surface area contributed by atoms with E-state index in [4.69, 9.17) is 21.1 Å². The lowest BCUT2D eigenvalue weighted by Crippen LogP contribution is -2.04. The molecule has 2 rings (SSSR count). The number of hydrogen-bond donors (Lipinski definition) is 1. The molecule has 0 amide bonds. The summed E-state index contributed by atoms with van der Waals surface area (Å²) in [6.45, 7) is 5.33. The first-order valence-electron chi connectivity index (χ1n) is 5.87. The van der Waals surface area contributed by atoms with Gasteiger partial charge in [-0.1, -0.05) is 25.4 Å². The van der Waals surface area contributed by atoms with Crippen LogP contribution in [0.25, 0.3) is 0 Å². The van der Waals surface area contributed by atoms with Gasteiger partial charge in [-0.2, -0.15) is 0 Å². The van der Waals surface area contributed by atoms with Gasteiger partial charge in [0.25, 0.3) is 0 Å². The molecule has 0 fully saturated rings. The normalized spacial score (nSPS) is 14.9. The molecule has 1 heterocycles. The Morgan fingerprint density at radius 3 is 2.53 bits per heavy atom. The Labute approximate surface area is 106 Å². The molecule has 0 saturated heterocycles. The van der Waals surface area contributed by atoms with Crippen LogP contribution in [0.4, 0.5) is 0 Å². The summed E-state index contributed by atoms with van der Waals surface area (Å²) >= 11 is 6.16. The van der Waals surface area contributed by atoms with Crippen LogP contribution in [0, 0.1) is 0 Å². The van der Waals surface area contributed by atoms with Gasteiger partial charge in [0.2, 0.25) is 0 Å². The van der Waals surface area contributed by atoms with Gasteiger partial charge in [0, 0.05) is 12.0 Å². The van der Waals surface area contributed by atoms with Crippen molar-refractivity contribution in [3.63, 3.8) is 0 Å². The molecule has 3 nitrogen and oxygen atoms in total. The molecule has 1 aromatic rings. The molecule has 4 heteroatoms. The fraction of sp³-hybridized carbons (Fsp3) is 0.538. The highest BCUT2D eigenvalue weighted by Crippen LogP contribution is 2.44. The van der Waals surface area contributed by atoms with Crippen LogP contribution in [0.3, 0.4) is 0 Å². The Morgan fingerprint density at radius 1 is 1.29 bits per heavy atom. The average molecular weight is 257 g/mol. The van der Waals surface area contributed by atoms with E-state index in [2.05, 4.69) is 13.8 Å². The summed E-state index contributed by atoms with van der Waals surface area (Å²) in [5.74, 6) is 1.57. The third-order valence-corrected chi connectivity index (χ3v) is 3.12. The van der Waals surface area contributed by atoms with E-state index in [0.717, 1.165) is 17.5 Å². The van der Waals surface area contributed by atoms with E-state index >= 15 is 0 Å². The van der Waals surface area contributed by atoms with Crippen molar-refractivity contribution in [3.05, 3.63) is 22.2 Å². The Bertz CT molecular complexity index is 416. The van der Waals surface area contributed by atoms with Gasteiger partial charge < -0.3 is 14.6 Å². The van der Waals surface area contributed by atoms with Crippen LogP contribution >= 0.6 is 11.6 Å². The van der Waals surface area contributed by atoms with E-state index in [9.17, 15) is 5.11 Å². The molecule has 0 spiro atoms. The molecular weight excluding hydrogens is 240 g/mol. The molecule has 0 aromatic heterocycles. The predicted octanol–water partition coefficient (Wildman–Crippen LogP) is 3.12. The number of aliphatic hydroxyl groups excluding tert-OH is 1. The van der Waals surface area contributed by atoms with Gasteiger partial charge in [-0.15, -0.1) is 0 Å². The Balaban J connectivity index is 2.62. The van der Waals surface area contributed by atoms with E-state index in [1.54, 1.807) is 6.07 Å². The first kappa shape index (κ1) is 12.5. The van der Waals surface area contributed by atoms with Crippen LogP contribution in [-0.4, -0.2) is 18.3 Å². The number of ether oxygens (including phenoxy) is 2. The van der Waals surface area contributed by atoms with Crippen molar-refractivity contribution in [1.82, 2.24) is 0 Å². The second kappa shape index (κ2) is 5.15. The SMILES string of the molecule is CC(C)c1c(CO)cc(Cl)c2c1OCCCO2. The maximum atomic E-state index is 9.41. The van der Waals surface area contributed by atoms with Gasteiger partial charge in [-0.25, -0.2) is 0 Å². The van der Waals surface area contributed by atoms with Gasteiger partial charge >= 0.3 is 0 Å². The second-order valence-electron chi connectivity index (χ2n) is 4.45. The summed E-state index contributed by atoms with van der Waals surface area (Å²) in [6.07, 6.45) is 0.844. The van der Waals surface area contributed by atoms with Crippen LogP contribution in [0.15, 0.2) is 6.07 Å². The molecule has 1 aromatic carbocycles. The molecule has 0 unspecified atom stereocenters. The molecule has 94 valence electrons. The first-order valence-corrected chi connectivity index (χ1v) is 6.24. The van der Waals surface area contributed by atoms with Gasteiger partial charge in [0.05, 0.1) is 24.8 Å². The summed E-state index contributed by atoms with van der Waals surface area (Å²) in [5, 5.41) is 9.92. The minimum atomic E-state index is -0.0378. The molecule has 1 aliphatic rings. The molecule has 0 saturated carbocycles. The third kappa shape index (κ3) is 2.35. The lowest BCUT2D eigenvalue weighted by Gasteiger charge is -2.19. The lowest BCUT2D eigenvalue weighted by molar-refractivity contribution is 0.276. The van der Waals surface area contributed by atoms with Crippen LogP contribution in [0.1, 0.15) is 37.3 Å². The van der Waals surface area contributed by atoms with Gasteiger partial charge in [-0.3, -0.25) is 0 Å². The van der Waals surface area contributed by atoms with Crippen molar-refractivity contribution >= 4 is 11.6 Å². The zero-order valence-electron chi connectivity index (χ0n) is 10.1. The monoisotopic (exact) mass is 256 g/mol. The second-order valence-corrected chi connectivity index (χ2v) is 4.86. The zero-order valence-corrected chi connectivity index (χ0v) is 10.9. The number of hydrogen-bond acceptors (Lipinski definition) is 3. The van der Waals surface area contributed by atoms with Crippen LogP contribution in [0.5, 0.6) is 11.5 Å². The van der Waals surface area contributed by atoms with Gasteiger partial charge in [0.15, 0.2) is 11.5 Å². The Kier molecular flexibility index (Phi) is 3.79. The minimum absolute atomic E-state index is 0.0378. The standard InChI is InChI=1S/C13H17ClO3/c1-8(2)11-9(7-15)6-10(14)12-13(11)17-5-3-4-16-12/h6,8,15H,3-5,7H2,1-2H3. The van der Waals surface area contributed by atoms with Crippen molar-refractivity contribution in [3.8, 4) is 11.5 Å². The van der Waals surface area contributed by atoms with Crippen molar-refractivity contribution in [2.24, 2.45) is 0 Å². The maximum absolute atomic E-state index is 9.41. The van der Waals surface area contributed by atoms with Gasteiger partial charge in [0.1, 0.15) is 0 Å². The summed E-state index contributed by atoms with van der Waals surface area (Å²) in [7, 11) is 0. The van der Waals surface area contributed by atoms with E-state index in [1.165, 1.54) is 0 Å². The van der Waals surface area contributed by atoms with Crippen LogP contribution in [-0.2, 0) is 6.61 Å². The molecule has 0 bridgehead atoms. The maximum Gasteiger partial charge on any atom is 0.180 e. The highest BCUT2D eigenvalue weighted by atomic mass is 35.5. The van der Waals surface area contributed by atoms with Crippen molar-refractivity contribution in [1.29, 1.82) is 0 Å². The van der Waals surface area contributed by atoms with Crippen molar-refractivity contribution in [2.75, 3.05) is 13.2 Å². The number of aliphatic hydroxyl groups is 1. The fourth-order valence-corrected chi connectivity index (χ4v) is 2.39. The minimum Gasteiger partial charge on any atom is -0.489 e. The number of rotatable bonds is 2. The highest BCUT2D eigenvalue weighted by Gasteiger charge is 2.23. The van der Waals surface area contributed by atoms with E-state index < -0.39 is 0 Å². The Hall–Kier alpha value is -0.930. The van der Waals surface area contributed by atoms with Crippen LogP contribution in [0.2, 0.25) is 5.02 Å².